The minimum Gasteiger partial charge on any atom is -0.493 e. The van der Waals surface area contributed by atoms with Crippen molar-refractivity contribution in [3.05, 3.63) is 34.6 Å². The summed E-state index contributed by atoms with van der Waals surface area (Å²) in [4.78, 5) is 17.6. The summed E-state index contributed by atoms with van der Waals surface area (Å²) in [7, 11) is 0. The first-order valence-electron chi connectivity index (χ1n) is 8.35. The Morgan fingerprint density at radius 2 is 1.92 bits per heavy atom. The SMILES string of the molecule is CCN1CCN(c2ccc(CSc3nc(C)cc(O)n3)c(Cl)n2)CC1. The first-order valence-corrected chi connectivity index (χ1v) is 9.71. The van der Waals surface area contributed by atoms with Gasteiger partial charge < -0.3 is 14.9 Å². The van der Waals surface area contributed by atoms with Gasteiger partial charge in [0.1, 0.15) is 11.0 Å². The van der Waals surface area contributed by atoms with Crippen LogP contribution in [0.5, 0.6) is 5.88 Å². The second kappa shape index (κ2) is 8.21. The Hall–Kier alpha value is -1.57. The summed E-state index contributed by atoms with van der Waals surface area (Å²) in [6.45, 7) is 9.17. The topological polar surface area (TPSA) is 65.4 Å². The zero-order chi connectivity index (χ0) is 17.8. The van der Waals surface area contributed by atoms with E-state index >= 15 is 0 Å². The Labute approximate surface area is 157 Å². The molecule has 1 aliphatic rings. The molecule has 1 aliphatic heterocycles. The molecule has 1 N–H and O–H groups in total. The van der Waals surface area contributed by atoms with Gasteiger partial charge >= 0.3 is 0 Å². The number of hydrogen-bond donors (Lipinski definition) is 1. The zero-order valence-electron chi connectivity index (χ0n) is 14.4. The van der Waals surface area contributed by atoms with Crippen LogP contribution in [-0.4, -0.2) is 57.7 Å². The molecule has 0 bridgehead atoms. The average Bonchev–Trinajstić information content (AvgIpc) is 2.60. The minimum atomic E-state index is -0.0132. The van der Waals surface area contributed by atoms with Gasteiger partial charge in [0, 0.05) is 49.3 Å². The van der Waals surface area contributed by atoms with E-state index in [0.29, 0.717) is 16.1 Å². The van der Waals surface area contributed by atoms with Crippen LogP contribution >= 0.6 is 23.4 Å². The average molecular weight is 380 g/mol. The van der Waals surface area contributed by atoms with Crippen LogP contribution in [0.15, 0.2) is 23.4 Å². The Balaban J connectivity index is 1.64. The van der Waals surface area contributed by atoms with E-state index in [9.17, 15) is 5.11 Å². The standard InChI is InChI=1S/C17H22ClN5OS/c1-3-22-6-8-23(9-7-22)14-5-4-13(16(18)20-14)11-25-17-19-12(2)10-15(24)21-17/h4-5,10H,3,6-9,11H2,1-2H3,(H,19,21,24). The van der Waals surface area contributed by atoms with Gasteiger partial charge in [0.25, 0.3) is 0 Å². The number of piperazine rings is 1. The van der Waals surface area contributed by atoms with E-state index < -0.39 is 0 Å². The molecule has 0 unspecified atom stereocenters. The third-order valence-electron chi connectivity index (χ3n) is 4.23. The number of likely N-dealkylation sites (N-methyl/N-ethyl adjacent to an activating group) is 1. The van der Waals surface area contributed by atoms with Gasteiger partial charge in [-0.15, -0.1) is 0 Å². The van der Waals surface area contributed by atoms with Gasteiger partial charge in [0.05, 0.1) is 0 Å². The number of rotatable bonds is 5. The number of aromatic hydroxyl groups is 1. The molecule has 134 valence electrons. The molecule has 0 radical (unpaired) electrons. The van der Waals surface area contributed by atoms with Gasteiger partial charge in [0.15, 0.2) is 5.16 Å². The van der Waals surface area contributed by atoms with Crippen LogP contribution in [0.1, 0.15) is 18.2 Å². The van der Waals surface area contributed by atoms with Crippen molar-refractivity contribution in [2.24, 2.45) is 0 Å². The molecule has 8 heteroatoms. The van der Waals surface area contributed by atoms with Gasteiger partial charge in [-0.3, -0.25) is 0 Å². The molecule has 2 aromatic heterocycles. The summed E-state index contributed by atoms with van der Waals surface area (Å²) in [5.41, 5.74) is 1.67. The molecular formula is C17H22ClN5OS. The highest BCUT2D eigenvalue weighted by Gasteiger charge is 2.17. The molecule has 0 amide bonds. The van der Waals surface area contributed by atoms with Crippen LogP contribution in [0.25, 0.3) is 0 Å². The van der Waals surface area contributed by atoms with Crippen molar-refractivity contribution in [3.63, 3.8) is 0 Å². The summed E-state index contributed by atoms with van der Waals surface area (Å²) >= 11 is 7.82. The molecule has 1 fully saturated rings. The number of thioether (sulfide) groups is 1. The fraction of sp³-hybridized carbons (Fsp3) is 0.471. The van der Waals surface area contributed by atoms with E-state index in [1.165, 1.54) is 17.8 Å². The fourth-order valence-electron chi connectivity index (χ4n) is 2.76. The molecule has 0 spiro atoms. The zero-order valence-corrected chi connectivity index (χ0v) is 16.0. The van der Waals surface area contributed by atoms with Crippen LogP contribution in [-0.2, 0) is 5.75 Å². The lowest BCUT2D eigenvalue weighted by molar-refractivity contribution is 0.270. The Bertz CT molecular complexity index is 717. The molecule has 0 aliphatic carbocycles. The van der Waals surface area contributed by atoms with Crippen molar-refractivity contribution in [1.29, 1.82) is 0 Å². The normalized spacial score (nSPS) is 15.6. The van der Waals surface area contributed by atoms with Gasteiger partial charge in [0.2, 0.25) is 5.88 Å². The van der Waals surface area contributed by atoms with Crippen molar-refractivity contribution < 1.29 is 5.11 Å². The second-order valence-electron chi connectivity index (χ2n) is 5.98. The predicted molar refractivity (Wildman–Crippen MR) is 102 cm³/mol. The Morgan fingerprint density at radius 1 is 1.16 bits per heavy atom. The van der Waals surface area contributed by atoms with Gasteiger partial charge in [-0.05, 0) is 19.5 Å². The number of aromatic nitrogens is 3. The van der Waals surface area contributed by atoms with Crippen molar-refractivity contribution in [2.45, 2.75) is 24.8 Å². The predicted octanol–water partition coefficient (Wildman–Crippen LogP) is 2.97. The fourth-order valence-corrected chi connectivity index (χ4v) is 3.94. The molecule has 0 saturated carbocycles. The quantitative estimate of drug-likeness (QED) is 0.486. The number of halogens is 1. The lowest BCUT2D eigenvalue weighted by Crippen LogP contribution is -2.46. The summed E-state index contributed by atoms with van der Waals surface area (Å²) < 4.78 is 0. The number of pyridine rings is 1. The number of anilines is 1. The molecule has 3 heterocycles. The monoisotopic (exact) mass is 379 g/mol. The lowest BCUT2D eigenvalue weighted by atomic mass is 10.2. The highest BCUT2D eigenvalue weighted by atomic mass is 35.5. The Kier molecular flexibility index (Phi) is 5.98. The third kappa shape index (κ3) is 4.74. The number of hydrogen-bond acceptors (Lipinski definition) is 7. The van der Waals surface area contributed by atoms with Crippen LogP contribution in [0, 0.1) is 6.92 Å². The van der Waals surface area contributed by atoms with Crippen molar-refractivity contribution >= 4 is 29.2 Å². The molecule has 3 rings (SSSR count). The van der Waals surface area contributed by atoms with E-state index in [2.05, 4.69) is 31.7 Å². The summed E-state index contributed by atoms with van der Waals surface area (Å²) in [6.07, 6.45) is 0. The minimum absolute atomic E-state index is 0.0132. The molecule has 6 nitrogen and oxygen atoms in total. The highest BCUT2D eigenvalue weighted by Crippen LogP contribution is 2.27. The van der Waals surface area contributed by atoms with E-state index in [-0.39, 0.29) is 5.88 Å². The highest BCUT2D eigenvalue weighted by molar-refractivity contribution is 7.98. The maximum Gasteiger partial charge on any atom is 0.215 e. The van der Waals surface area contributed by atoms with Gasteiger partial charge in [-0.1, -0.05) is 36.4 Å². The van der Waals surface area contributed by atoms with Crippen LogP contribution in [0.3, 0.4) is 0 Å². The smallest absolute Gasteiger partial charge is 0.215 e. The van der Waals surface area contributed by atoms with E-state index in [0.717, 1.165) is 49.8 Å². The third-order valence-corrected chi connectivity index (χ3v) is 5.46. The van der Waals surface area contributed by atoms with Crippen molar-refractivity contribution in [1.82, 2.24) is 19.9 Å². The van der Waals surface area contributed by atoms with Crippen LogP contribution in [0.4, 0.5) is 5.82 Å². The van der Waals surface area contributed by atoms with E-state index in [1.54, 1.807) is 0 Å². The first kappa shape index (κ1) is 18.2. The maximum atomic E-state index is 9.55. The second-order valence-corrected chi connectivity index (χ2v) is 7.28. The van der Waals surface area contributed by atoms with Crippen LogP contribution in [0.2, 0.25) is 5.15 Å². The van der Waals surface area contributed by atoms with E-state index in [4.69, 9.17) is 11.6 Å². The molecule has 0 aromatic carbocycles. The summed E-state index contributed by atoms with van der Waals surface area (Å²) in [5.74, 6) is 1.53. The summed E-state index contributed by atoms with van der Waals surface area (Å²) in [6, 6.07) is 5.57. The number of aryl methyl sites for hydroxylation is 1. The van der Waals surface area contributed by atoms with Crippen molar-refractivity contribution in [2.75, 3.05) is 37.6 Å². The molecular weight excluding hydrogens is 358 g/mol. The van der Waals surface area contributed by atoms with Gasteiger partial charge in [-0.25, -0.2) is 9.97 Å². The van der Waals surface area contributed by atoms with Crippen molar-refractivity contribution in [3.8, 4) is 5.88 Å². The molecule has 0 atom stereocenters. The molecule has 1 saturated heterocycles. The Morgan fingerprint density at radius 3 is 2.56 bits per heavy atom. The van der Waals surface area contributed by atoms with Crippen LogP contribution < -0.4 is 4.90 Å². The summed E-state index contributed by atoms with van der Waals surface area (Å²) in [5, 5.41) is 10.6. The number of nitrogens with zero attached hydrogens (tertiary/aromatic N) is 5. The van der Waals surface area contributed by atoms with E-state index in [1.807, 2.05) is 19.1 Å². The molecule has 25 heavy (non-hydrogen) atoms. The van der Waals surface area contributed by atoms with Gasteiger partial charge in [-0.2, -0.15) is 4.98 Å². The molecule has 2 aromatic rings. The first-order chi connectivity index (χ1) is 12.0. The maximum absolute atomic E-state index is 9.55. The largest absolute Gasteiger partial charge is 0.493 e. The lowest BCUT2D eigenvalue weighted by Gasteiger charge is -2.34.